The molecule has 0 N–H and O–H groups in total. The lowest BCUT2D eigenvalue weighted by Gasteiger charge is -2.12. The number of nitrogens with zero attached hydrogens (tertiary/aromatic N) is 2. The number of halogens is 1. The number of carbonyl (C=O) groups is 1. The highest BCUT2D eigenvalue weighted by Crippen LogP contribution is 2.26. The lowest BCUT2D eigenvalue weighted by atomic mass is 9.96. The van der Waals surface area contributed by atoms with Crippen molar-refractivity contribution in [3.05, 3.63) is 119 Å². The number of benzene rings is 3. The van der Waals surface area contributed by atoms with Crippen molar-refractivity contribution >= 4 is 11.5 Å². The second-order valence-electron chi connectivity index (χ2n) is 8.31. The van der Waals surface area contributed by atoms with Crippen molar-refractivity contribution in [2.45, 2.75) is 13.5 Å². The smallest absolute Gasteiger partial charge is 0.343 e. The van der Waals surface area contributed by atoms with Gasteiger partial charge in [0, 0.05) is 18.0 Å². The molecule has 4 aromatic rings. The van der Waals surface area contributed by atoms with Crippen molar-refractivity contribution in [1.29, 1.82) is 0 Å². The molecule has 192 valence electrons. The van der Waals surface area contributed by atoms with E-state index in [1.807, 2.05) is 55.6 Å². The SMILES string of the molecule is COC(=O)COc1ccc(OC/C=C(/c2ccc(F)cc2)c2ccc(C#CCn3cccn3)cc2)cc1C. The second-order valence-corrected chi connectivity index (χ2v) is 8.31. The molecule has 7 heteroatoms. The predicted octanol–water partition coefficient (Wildman–Crippen LogP) is 5.44. The minimum atomic E-state index is -0.447. The molecule has 0 aliphatic rings. The Kier molecular flexibility index (Phi) is 8.93. The first kappa shape index (κ1) is 26.2. The van der Waals surface area contributed by atoms with Crippen molar-refractivity contribution in [3.8, 4) is 23.3 Å². The largest absolute Gasteiger partial charge is 0.489 e. The molecular formula is C31H27FN2O4. The van der Waals surface area contributed by atoms with Crippen LogP contribution in [0.3, 0.4) is 0 Å². The fourth-order valence-corrected chi connectivity index (χ4v) is 3.67. The van der Waals surface area contributed by atoms with Gasteiger partial charge in [0.1, 0.15) is 30.5 Å². The van der Waals surface area contributed by atoms with Gasteiger partial charge in [-0.1, -0.05) is 36.1 Å². The van der Waals surface area contributed by atoms with Crippen LogP contribution in [0.25, 0.3) is 5.57 Å². The van der Waals surface area contributed by atoms with Gasteiger partial charge in [0.2, 0.25) is 0 Å². The highest BCUT2D eigenvalue weighted by Gasteiger charge is 2.08. The highest BCUT2D eigenvalue weighted by molar-refractivity contribution is 5.80. The average Bonchev–Trinajstić information content (AvgIpc) is 3.45. The van der Waals surface area contributed by atoms with E-state index >= 15 is 0 Å². The van der Waals surface area contributed by atoms with Crippen LogP contribution in [0.4, 0.5) is 4.39 Å². The molecule has 0 aliphatic heterocycles. The third-order valence-corrected chi connectivity index (χ3v) is 5.64. The number of ether oxygens (including phenoxy) is 3. The minimum absolute atomic E-state index is 0.157. The number of rotatable bonds is 9. The molecule has 6 nitrogen and oxygen atoms in total. The van der Waals surface area contributed by atoms with Crippen molar-refractivity contribution in [3.63, 3.8) is 0 Å². The van der Waals surface area contributed by atoms with Crippen molar-refractivity contribution in [2.75, 3.05) is 20.3 Å². The molecule has 3 aromatic carbocycles. The van der Waals surface area contributed by atoms with E-state index in [1.54, 1.807) is 35.1 Å². The number of methoxy groups -OCH3 is 1. The molecular weight excluding hydrogens is 483 g/mol. The molecule has 0 unspecified atom stereocenters. The van der Waals surface area contributed by atoms with Gasteiger partial charge in [-0.15, -0.1) is 0 Å². The van der Waals surface area contributed by atoms with Crippen molar-refractivity contribution in [1.82, 2.24) is 9.78 Å². The first-order valence-corrected chi connectivity index (χ1v) is 12.0. The summed E-state index contributed by atoms with van der Waals surface area (Å²) in [6.45, 7) is 2.53. The van der Waals surface area contributed by atoms with Crippen LogP contribution in [0, 0.1) is 24.6 Å². The first-order valence-electron chi connectivity index (χ1n) is 12.0. The summed E-state index contributed by atoms with van der Waals surface area (Å²) >= 11 is 0. The van der Waals surface area contributed by atoms with Crippen LogP contribution < -0.4 is 9.47 Å². The molecule has 38 heavy (non-hydrogen) atoms. The summed E-state index contributed by atoms with van der Waals surface area (Å²) in [6.07, 6.45) is 5.55. The van der Waals surface area contributed by atoms with Crippen LogP contribution in [0.5, 0.6) is 11.5 Å². The number of hydrogen-bond acceptors (Lipinski definition) is 5. The molecule has 0 saturated carbocycles. The first-order chi connectivity index (χ1) is 18.5. The van der Waals surface area contributed by atoms with Crippen LogP contribution in [0.2, 0.25) is 0 Å². The molecule has 4 rings (SSSR count). The average molecular weight is 511 g/mol. The quantitative estimate of drug-likeness (QED) is 0.222. The van der Waals surface area contributed by atoms with Crippen molar-refractivity contribution in [2.24, 2.45) is 0 Å². The maximum Gasteiger partial charge on any atom is 0.343 e. The zero-order valence-corrected chi connectivity index (χ0v) is 21.2. The van der Waals surface area contributed by atoms with E-state index in [0.717, 1.165) is 27.8 Å². The Morgan fingerprint density at radius 3 is 2.42 bits per heavy atom. The Labute approximate surface area is 221 Å². The topological polar surface area (TPSA) is 62.6 Å². The zero-order chi connectivity index (χ0) is 26.7. The van der Waals surface area contributed by atoms with E-state index in [-0.39, 0.29) is 12.4 Å². The van der Waals surface area contributed by atoms with Crippen LogP contribution in [-0.2, 0) is 16.1 Å². The summed E-state index contributed by atoms with van der Waals surface area (Å²) in [5, 5.41) is 4.15. The molecule has 1 aromatic heterocycles. The molecule has 1 heterocycles. The molecule has 0 atom stereocenters. The van der Waals surface area contributed by atoms with Gasteiger partial charge in [0.25, 0.3) is 0 Å². The Bertz CT molecular complexity index is 1450. The standard InChI is InChI=1S/C31H27FN2O4/c1-23-21-28(14-15-30(23)38-22-31(35)36-2)37-20-16-29(26-10-12-27(32)13-11-26)25-8-6-24(7-9-25)5-3-18-34-19-4-17-33-34/h4,6-17,19,21H,18,20,22H2,1-2H3/b29-16+. The normalized spacial score (nSPS) is 10.9. The summed E-state index contributed by atoms with van der Waals surface area (Å²) in [5.41, 5.74) is 4.46. The number of hydrogen-bond donors (Lipinski definition) is 0. The van der Waals surface area contributed by atoms with Crippen LogP contribution >= 0.6 is 0 Å². The molecule has 0 radical (unpaired) electrons. The third-order valence-electron chi connectivity index (χ3n) is 5.64. The van der Waals surface area contributed by atoms with Gasteiger partial charge in [-0.3, -0.25) is 4.68 Å². The van der Waals surface area contributed by atoms with Crippen molar-refractivity contribution < 1.29 is 23.4 Å². The maximum atomic E-state index is 13.6. The summed E-state index contributed by atoms with van der Waals surface area (Å²) in [5.74, 6) is 6.76. The molecule has 0 bridgehead atoms. The Hall–Kier alpha value is -4.83. The monoisotopic (exact) mass is 510 g/mol. The van der Waals surface area contributed by atoms with Crippen LogP contribution in [0.1, 0.15) is 22.3 Å². The number of aryl methyl sites for hydroxylation is 1. The summed E-state index contributed by atoms with van der Waals surface area (Å²) in [4.78, 5) is 11.3. The van der Waals surface area contributed by atoms with E-state index in [9.17, 15) is 9.18 Å². The Morgan fingerprint density at radius 2 is 1.76 bits per heavy atom. The summed E-state index contributed by atoms with van der Waals surface area (Å²) in [6, 6.07) is 21.5. The van der Waals surface area contributed by atoms with E-state index in [1.165, 1.54) is 19.2 Å². The fourth-order valence-electron chi connectivity index (χ4n) is 3.67. The van der Waals surface area contributed by atoms with Gasteiger partial charge in [-0.05, 0) is 83.8 Å². The lowest BCUT2D eigenvalue weighted by molar-refractivity contribution is -0.142. The molecule has 0 aliphatic carbocycles. The van der Waals surface area contributed by atoms with E-state index < -0.39 is 5.97 Å². The molecule has 0 spiro atoms. The lowest BCUT2D eigenvalue weighted by Crippen LogP contribution is -2.13. The summed E-state index contributed by atoms with van der Waals surface area (Å²) in [7, 11) is 1.32. The van der Waals surface area contributed by atoms with Gasteiger partial charge in [-0.2, -0.15) is 5.10 Å². The van der Waals surface area contributed by atoms with E-state index in [4.69, 9.17) is 9.47 Å². The molecule has 0 saturated heterocycles. The maximum absolute atomic E-state index is 13.6. The van der Waals surface area contributed by atoms with Crippen LogP contribution in [0.15, 0.2) is 91.3 Å². The van der Waals surface area contributed by atoms with Gasteiger partial charge >= 0.3 is 5.97 Å². The highest BCUT2D eigenvalue weighted by atomic mass is 19.1. The predicted molar refractivity (Wildman–Crippen MR) is 143 cm³/mol. The number of aromatic nitrogens is 2. The Morgan fingerprint density at radius 1 is 1.03 bits per heavy atom. The van der Waals surface area contributed by atoms with Gasteiger partial charge < -0.3 is 14.2 Å². The zero-order valence-electron chi connectivity index (χ0n) is 21.2. The number of carbonyl (C=O) groups excluding carboxylic acids is 1. The molecule has 0 amide bonds. The third kappa shape index (κ3) is 7.34. The van der Waals surface area contributed by atoms with Gasteiger partial charge in [-0.25, -0.2) is 9.18 Å². The van der Waals surface area contributed by atoms with Gasteiger partial charge in [0.05, 0.1) is 7.11 Å². The van der Waals surface area contributed by atoms with Gasteiger partial charge in [0.15, 0.2) is 6.61 Å². The molecule has 0 fully saturated rings. The minimum Gasteiger partial charge on any atom is -0.489 e. The van der Waals surface area contributed by atoms with E-state index in [2.05, 4.69) is 21.7 Å². The number of esters is 1. The van der Waals surface area contributed by atoms with Crippen LogP contribution in [-0.4, -0.2) is 36.1 Å². The Balaban J connectivity index is 1.48. The fraction of sp³-hybridized carbons (Fsp3) is 0.161. The second kappa shape index (κ2) is 12.9. The van der Waals surface area contributed by atoms with E-state index in [0.29, 0.717) is 24.7 Å². The summed E-state index contributed by atoms with van der Waals surface area (Å²) < 4.78 is 31.4.